The van der Waals surface area contributed by atoms with E-state index in [0.29, 0.717) is 30.1 Å². The molecular formula is C16H23N3O4S. The van der Waals surface area contributed by atoms with Crippen LogP contribution in [0.3, 0.4) is 0 Å². The first-order valence-corrected chi connectivity index (χ1v) is 9.65. The Labute approximate surface area is 141 Å². The molecule has 1 aromatic carbocycles. The number of aromatic amines is 1. The number of H-pyrrole nitrogens is 1. The van der Waals surface area contributed by atoms with Crippen molar-refractivity contribution in [3.05, 3.63) is 28.7 Å². The number of nitrogens with zero attached hydrogens (tertiary/aromatic N) is 2. The third kappa shape index (κ3) is 3.55. The lowest BCUT2D eigenvalue weighted by molar-refractivity contribution is 0.256. The highest BCUT2D eigenvalue weighted by Crippen LogP contribution is 2.21. The Morgan fingerprint density at radius 2 is 2.00 bits per heavy atom. The van der Waals surface area contributed by atoms with Crippen LogP contribution in [-0.2, 0) is 10.0 Å². The Hall–Kier alpha value is -1.64. The Balaban J connectivity index is 1.82. The molecule has 0 atom stereocenters. The second-order valence-electron chi connectivity index (χ2n) is 6.62. The van der Waals surface area contributed by atoms with Crippen LogP contribution in [0.4, 0.5) is 0 Å². The van der Waals surface area contributed by atoms with E-state index in [9.17, 15) is 13.2 Å². The molecule has 132 valence electrons. The zero-order valence-electron chi connectivity index (χ0n) is 14.0. The monoisotopic (exact) mass is 353 g/mol. The molecule has 0 saturated carbocycles. The number of rotatable bonds is 4. The van der Waals surface area contributed by atoms with Crippen LogP contribution in [0.2, 0.25) is 0 Å². The minimum atomic E-state index is -3.58. The van der Waals surface area contributed by atoms with E-state index in [-0.39, 0.29) is 4.90 Å². The van der Waals surface area contributed by atoms with E-state index in [4.69, 9.17) is 4.42 Å². The highest BCUT2D eigenvalue weighted by atomic mass is 32.2. The van der Waals surface area contributed by atoms with Crippen molar-refractivity contribution in [3.63, 3.8) is 0 Å². The summed E-state index contributed by atoms with van der Waals surface area (Å²) in [5.41, 5.74) is 0.759. The summed E-state index contributed by atoms with van der Waals surface area (Å²) < 4.78 is 32.3. The number of hydrogen-bond acceptors (Lipinski definition) is 5. The van der Waals surface area contributed by atoms with E-state index in [0.717, 1.165) is 26.1 Å². The van der Waals surface area contributed by atoms with E-state index < -0.39 is 15.8 Å². The molecule has 0 bridgehead atoms. The zero-order valence-corrected chi connectivity index (χ0v) is 14.8. The first kappa shape index (κ1) is 17.2. The molecule has 0 spiro atoms. The van der Waals surface area contributed by atoms with Crippen molar-refractivity contribution in [2.24, 2.45) is 5.92 Å². The number of aromatic nitrogens is 1. The molecule has 7 nitrogen and oxygen atoms in total. The van der Waals surface area contributed by atoms with Gasteiger partial charge in [0.2, 0.25) is 10.0 Å². The van der Waals surface area contributed by atoms with Crippen LogP contribution in [0.15, 0.2) is 32.3 Å². The van der Waals surface area contributed by atoms with Gasteiger partial charge in [0.1, 0.15) is 0 Å². The van der Waals surface area contributed by atoms with Crippen LogP contribution in [-0.4, -0.2) is 55.3 Å². The number of benzene rings is 1. The van der Waals surface area contributed by atoms with Gasteiger partial charge in [-0.2, -0.15) is 4.31 Å². The summed E-state index contributed by atoms with van der Waals surface area (Å²) in [5, 5.41) is 0. The molecule has 1 saturated heterocycles. The summed E-state index contributed by atoms with van der Waals surface area (Å²) in [6.45, 7) is 7.96. The number of hydrogen-bond donors (Lipinski definition) is 1. The van der Waals surface area contributed by atoms with Crippen molar-refractivity contribution in [3.8, 4) is 0 Å². The minimum absolute atomic E-state index is 0.185. The van der Waals surface area contributed by atoms with Gasteiger partial charge >= 0.3 is 5.76 Å². The summed E-state index contributed by atoms with van der Waals surface area (Å²) >= 11 is 0. The lowest BCUT2D eigenvalue weighted by Gasteiger charge is -2.23. The molecule has 2 heterocycles. The van der Waals surface area contributed by atoms with Crippen LogP contribution in [0.25, 0.3) is 11.1 Å². The molecule has 24 heavy (non-hydrogen) atoms. The number of fused-ring (bicyclic) bond motifs is 1. The maximum atomic E-state index is 12.9. The fourth-order valence-corrected chi connectivity index (χ4v) is 4.62. The van der Waals surface area contributed by atoms with Gasteiger partial charge in [0, 0.05) is 26.2 Å². The molecule has 8 heteroatoms. The van der Waals surface area contributed by atoms with Gasteiger partial charge in [-0.3, -0.25) is 4.98 Å². The minimum Gasteiger partial charge on any atom is -0.408 e. The van der Waals surface area contributed by atoms with Crippen molar-refractivity contribution in [1.29, 1.82) is 0 Å². The molecule has 0 aliphatic carbocycles. The average molecular weight is 353 g/mol. The molecular weight excluding hydrogens is 330 g/mol. The summed E-state index contributed by atoms with van der Waals surface area (Å²) in [5.74, 6) is -0.0212. The van der Waals surface area contributed by atoms with Gasteiger partial charge in [0.15, 0.2) is 5.58 Å². The number of nitrogens with one attached hydrogen (secondary N) is 1. The zero-order chi connectivity index (χ0) is 17.3. The number of oxazole rings is 1. The normalized spacial score (nSPS) is 18.3. The van der Waals surface area contributed by atoms with E-state index >= 15 is 0 Å². The van der Waals surface area contributed by atoms with Crippen molar-refractivity contribution in [2.45, 2.75) is 25.2 Å². The van der Waals surface area contributed by atoms with Gasteiger partial charge in [-0.25, -0.2) is 13.2 Å². The van der Waals surface area contributed by atoms with Crippen LogP contribution in [0, 0.1) is 5.92 Å². The van der Waals surface area contributed by atoms with E-state index in [1.165, 1.54) is 22.5 Å². The van der Waals surface area contributed by atoms with Gasteiger partial charge < -0.3 is 9.32 Å². The first-order chi connectivity index (χ1) is 11.4. The number of sulfonamides is 1. The highest BCUT2D eigenvalue weighted by molar-refractivity contribution is 7.89. The van der Waals surface area contributed by atoms with Crippen LogP contribution in [0.1, 0.15) is 20.3 Å². The second kappa shape index (κ2) is 6.70. The fraction of sp³-hybridized carbons (Fsp3) is 0.562. The molecule has 0 radical (unpaired) electrons. The summed E-state index contributed by atoms with van der Waals surface area (Å²) in [6, 6.07) is 4.47. The van der Waals surface area contributed by atoms with Crippen molar-refractivity contribution in [1.82, 2.24) is 14.2 Å². The smallest absolute Gasteiger partial charge is 0.408 e. The molecule has 2 aromatic rings. The largest absolute Gasteiger partial charge is 0.417 e. The molecule has 1 N–H and O–H groups in total. The third-order valence-corrected chi connectivity index (χ3v) is 6.09. The van der Waals surface area contributed by atoms with Gasteiger partial charge in [0.25, 0.3) is 0 Å². The first-order valence-electron chi connectivity index (χ1n) is 8.21. The van der Waals surface area contributed by atoms with Crippen LogP contribution >= 0.6 is 0 Å². The maximum absolute atomic E-state index is 12.9. The maximum Gasteiger partial charge on any atom is 0.417 e. The third-order valence-electron chi connectivity index (χ3n) is 4.20. The summed E-state index contributed by atoms with van der Waals surface area (Å²) in [6.07, 6.45) is 0.816. The molecule has 1 aromatic heterocycles. The van der Waals surface area contributed by atoms with Gasteiger partial charge in [-0.1, -0.05) is 13.8 Å². The summed E-state index contributed by atoms with van der Waals surface area (Å²) in [7, 11) is -3.58. The Bertz CT molecular complexity index is 869. The Kier molecular flexibility index (Phi) is 4.80. The SMILES string of the molecule is CC(C)CN1CCCN(S(=O)(=O)c2ccc3oc(=O)[nH]c3c2)CC1. The van der Waals surface area contributed by atoms with Gasteiger partial charge in [-0.15, -0.1) is 0 Å². The van der Waals surface area contributed by atoms with Crippen molar-refractivity contribution < 1.29 is 12.8 Å². The summed E-state index contributed by atoms with van der Waals surface area (Å²) in [4.78, 5) is 16.2. The topological polar surface area (TPSA) is 86.6 Å². The lowest BCUT2D eigenvalue weighted by atomic mass is 10.2. The molecule has 1 fully saturated rings. The van der Waals surface area contributed by atoms with Crippen molar-refractivity contribution in [2.75, 3.05) is 32.7 Å². The standard InChI is InChI=1S/C16H23N3O4S/c1-12(2)11-18-6-3-7-19(9-8-18)24(21,22)13-4-5-15-14(10-13)17-16(20)23-15/h4-5,10,12H,3,6-9,11H2,1-2H3,(H,17,20). The Morgan fingerprint density at radius 3 is 2.75 bits per heavy atom. The van der Waals surface area contributed by atoms with E-state index in [1.807, 2.05) is 0 Å². The Morgan fingerprint density at radius 1 is 1.21 bits per heavy atom. The second-order valence-corrected chi connectivity index (χ2v) is 8.56. The predicted octanol–water partition coefficient (Wildman–Crippen LogP) is 1.47. The van der Waals surface area contributed by atoms with Crippen molar-refractivity contribution >= 4 is 21.1 Å². The van der Waals surface area contributed by atoms with Gasteiger partial charge in [0.05, 0.1) is 10.4 Å². The molecule has 1 aliphatic rings. The lowest BCUT2D eigenvalue weighted by Crippen LogP contribution is -2.36. The molecule has 0 unspecified atom stereocenters. The predicted molar refractivity (Wildman–Crippen MR) is 91.5 cm³/mol. The highest BCUT2D eigenvalue weighted by Gasteiger charge is 2.27. The van der Waals surface area contributed by atoms with E-state index in [1.54, 1.807) is 0 Å². The molecule has 3 rings (SSSR count). The fourth-order valence-electron chi connectivity index (χ4n) is 3.13. The van der Waals surface area contributed by atoms with Crippen LogP contribution < -0.4 is 5.76 Å². The van der Waals surface area contributed by atoms with Crippen LogP contribution in [0.5, 0.6) is 0 Å². The average Bonchev–Trinajstić information content (AvgIpc) is 2.72. The van der Waals surface area contributed by atoms with Gasteiger partial charge in [-0.05, 0) is 37.1 Å². The van der Waals surface area contributed by atoms with E-state index in [2.05, 4.69) is 23.7 Å². The molecule has 0 amide bonds. The molecule has 1 aliphatic heterocycles. The quantitative estimate of drug-likeness (QED) is 0.899.